The number of hydrogen-bond donors (Lipinski definition) is 2. The molecule has 2 rings (SSSR count). The smallest absolute Gasteiger partial charge is 0.0494 e. The van der Waals surface area contributed by atoms with E-state index in [4.69, 9.17) is 4.74 Å². The largest absolute Gasteiger partial charge is 0.396 e. The first-order chi connectivity index (χ1) is 8.08. The highest BCUT2D eigenvalue weighted by Crippen LogP contribution is 2.46. The molecule has 1 aliphatic carbocycles. The normalized spacial score (nSPS) is 28.8. The third kappa shape index (κ3) is 3.01. The second-order valence-corrected chi connectivity index (χ2v) is 6.62. The molecule has 1 saturated heterocycles. The van der Waals surface area contributed by atoms with E-state index in [1.807, 2.05) is 0 Å². The van der Waals surface area contributed by atoms with Crippen LogP contribution in [-0.2, 0) is 4.74 Å². The minimum atomic E-state index is -0.00501. The zero-order valence-electron chi connectivity index (χ0n) is 11.3. The zero-order valence-corrected chi connectivity index (χ0v) is 11.3. The summed E-state index contributed by atoms with van der Waals surface area (Å²) >= 11 is 0. The predicted octanol–water partition coefficient (Wildman–Crippen LogP) is 1.94. The monoisotopic (exact) mass is 241 g/mol. The Bertz CT molecular complexity index is 247. The van der Waals surface area contributed by atoms with Crippen molar-refractivity contribution >= 4 is 0 Å². The average Bonchev–Trinajstić information content (AvgIpc) is 2.70. The summed E-state index contributed by atoms with van der Waals surface area (Å²) in [5.74, 6) is 0. The standard InChI is InChI=1S/C14H27NO2/c1-13(2,11-16)10-15-12-4-3-5-14(12)6-8-17-9-7-14/h12,15-16H,3-11H2,1-2H3. The highest BCUT2D eigenvalue weighted by Gasteiger charge is 2.43. The van der Waals surface area contributed by atoms with Crippen LogP contribution in [0.2, 0.25) is 0 Å². The van der Waals surface area contributed by atoms with Crippen LogP contribution in [0.5, 0.6) is 0 Å². The number of aliphatic hydroxyl groups is 1. The summed E-state index contributed by atoms with van der Waals surface area (Å²) in [6.07, 6.45) is 6.42. The average molecular weight is 241 g/mol. The number of ether oxygens (including phenoxy) is 1. The second kappa shape index (κ2) is 5.25. The Hall–Kier alpha value is -0.120. The van der Waals surface area contributed by atoms with E-state index < -0.39 is 0 Å². The maximum Gasteiger partial charge on any atom is 0.0494 e. The summed E-state index contributed by atoms with van der Waals surface area (Å²) in [5.41, 5.74) is 0.485. The van der Waals surface area contributed by atoms with Crippen LogP contribution in [0.25, 0.3) is 0 Å². The van der Waals surface area contributed by atoms with Crippen molar-refractivity contribution in [2.75, 3.05) is 26.4 Å². The van der Waals surface area contributed by atoms with Crippen LogP contribution in [0.4, 0.5) is 0 Å². The lowest BCUT2D eigenvalue weighted by Gasteiger charge is -2.40. The molecule has 100 valence electrons. The van der Waals surface area contributed by atoms with Gasteiger partial charge in [-0.15, -0.1) is 0 Å². The molecule has 0 bridgehead atoms. The van der Waals surface area contributed by atoms with Crippen molar-refractivity contribution in [3.63, 3.8) is 0 Å². The summed E-state index contributed by atoms with van der Waals surface area (Å²) < 4.78 is 5.50. The third-order valence-electron chi connectivity index (χ3n) is 4.65. The van der Waals surface area contributed by atoms with E-state index in [0.29, 0.717) is 11.5 Å². The second-order valence-electron chi connectivity index (χ2n) is 6.62. The molecular formula is C14H27NO2. The van der Waals surface area contributed by atoms with Gasteiger partial charge in [0.25, 0.3) is 0 Å². The molecule has 0 aromatic heterocycles. The van der Waals surface area contributed by atoms with Gasteiger partial charge >= 0.3 is 0 Å². The number of nitrogens with one attached hydrogen (secondary N) is 1. The van der Waals surface area contributed by atoms with Gasteiger partial charge in [0.2, 0.25) is 0 Å². The van der Waals surface area contributed by atoms with Crippen LogP contribution in [0.15, 0.2) is 0 Å². The van der Waals surface area contributed by atoms with Crippen LogP contribution < -0.4 is 5.32 Å². The van der Waals surface area contributed by atoms with Crippen molar-refractivity contribution < 1.29 is 9.84 Å². The molecule has 0 aromatic rings. The zero-order chi connectivity index (χ0) is 12.4. The third-order valence-corrected chi connectivity index (χ3v) is 4.65. The van der Waals surface area contributed by atoms with Gasteiger partial charge < -0.3 is 15.2 Å². The van der Waals surface area contributed by atoms with Gasteiger partial charge in [0, 0.05) is 37.8 Å². The Labute approximate surface area is 105 Å². The Morgan fingerprint density at radius 2 is 2.00 bits per heavy atom. The molecule has 0 aromatic carbocycles. The molecule has 2 fully saturated rings. The lowest BCUT2D eigenvalue weighted by atomic mass is 9.75. The minimum absolute atomic E-state index is 0.00501. The number of rotatable bonds is 4. The van der Waals surface area contributed by atoms with Crippen molar-refractivity contribution in [1.82, 2.24) is 5.32 Å². The fourth-order valence-electron chi connectivity index (χ4n) is 3.29. The van der Waals surface area contributed by atoms with Crippen LogP contribution in [0, 0.1) is 10.8 Å². The summed E-state index contributed by atoms with van der Waals surface area (Å²) in [5, 5.41) is 13.0. The molecule has 17 heavy (non-hydrogen) atoms. The maximum atomic E-state index is 9.31. The first-order valence-electron chi connectivity index (χ1n) is 7.00. The molecule has 1 saturated carbocycles. The van der Waals surface area contributed by atoms with Crippen LogP contribution in [-0.4, -0.2) is 37.5 Å². The fraction of sp³-hybridized carbons (Fsp3) is 1.00. The van der Waals surface area contributed by atoms with Crippen molar-refractivity contribution in [2.24, 2.45) is 10.8 Å². The molecule has 0 amide bonds. The molecule has 2 aliphatic rings. The lowest BCUT2D eigenvalue weighted by molar-refractivity contribution is 0.00203. The van der Waals surface area contributed by atoms with Gasteiger partial charge in [0.15, 0.2) is 0 Å². The molecule has 3 heteroatoms. The molecule has 3 nitrogen and oxygen atoms in total. The Balaban J connectivity index is 1.91. The lowest BCUT2D eigenvalue weighted by Crippen LogP contribution is -2.48. The number of aliphatic hydroxyl groups excluding tert-OH is 1. The first-order valence-corrected chi connectivity index (χ1v) is 7.00. The van der Waals surface area contributed by atoms with Gasteiger partial charge in [-0.05, 0) is 31.1 Å². The van der Waals surface area contributed by atoms with E-state index in [2.05, 4.69) is 19.2 Å². The van der Waals surface area contributed by atoms with Gasteiger partial charge in [-0.1, -0.05) is 20.3 Å². The van der Waals surface area contributed by atoms with Crippen LogP contribution >= 0.6 is 0 Å². The molecule has 1 spiro atoms. The molecule has 2 N–H and O–H groups in total. The fourth-order valence-corrected chi connectivity index (χ4v) is 3.29. The molecule has 1 heterocycles. The van der Waals surface area contributed by atoms with Gasteiger partial charge in [0.1, 0.15) is 0 Å². The van der Waals surface area contributed by atoms with Gasteiger partial charge in [0.05, 0.1) is 0 Å². The summed E-state index contributed by atoms with van der Waals surface area (Å²) in [7, 11) is 0. The predicted molar refractivity (Wildman–Crippen MR) is 69.0 cm³/mol. The van der Waals surface area contributed by atoms with Crippen LogP contribution in [0.3, 0.4) is 0 Å². The maximum absolute atomic E-state index is 9.31. The molecule has 1 aliphatic heterocycles. The minimum Gasteiger partial charge on any atom is -0.396 e. The summed E-state index contributed by atoms with van der Waals surface area (Å²) in [6, 6.07) is 0.636. The van der Waals surface area contributed by atoms with Gasteiger partial charge in [-0.25, -0.2) is 0 Å². The Kier molecular flexibility index (Phi) is 4.11. The van der Waals surface area contributed by atoms with Gasteiger partial charge in [-0.2, -0.15) is 0 Å². The van der Waals surface area contributed by atoms with E-state index in [1.165, 1.54) is 32.1 Å². The van der Waals surface area contributed by atoms with E-state index in [1.54, 1.807) is 0 Å². The van der Waals surface area contributed by atoms with Crippen molar-refractivity contribution in [2.45, 2.75) is 52.0 Å². The van der Waals surface area contributed by atoms with E-state index in [9.17, 15) is 5.11 Å². The highest BCUT2D eigenvalue weighted by molar-refractivity contribution is 4.98. The van der Waals surface area contributed by atoms with Crippen LogP contribution in [0.1, 0.15) is 46.0 Å². The van der Waals surface area contributed by atoms with E-state index in [-0.39, 0.29) is 12.0 Å². The SMILES string of the molecule is CC(C)(CO)CNC1CCCC12CCOCC2. The van der Waals surface area contributed by atoms with E-state index in [0.717, 1.165) is 19.8 Å². The Morgan fingerprint density at radius 1 is 1.29 bits per heavy atom. The topological polar surface area (TPSA) is 41.5 Å². The van der Waals surface area contributed by atoms with Gasteiger partial charge in [-0.3, -0.25) is 0 Å². The van der Waals surface area contributed by atoms with E-state index >= 15 is 0 Å². The van der Waals surface area contributed by atoms with Crippen molar-refractivity contribution in [1.29, 1.82) is 0 Å². The number of hydrogen-bond acceptors (Lipinski definition) is 3. The van der Waals surface area contributed by atoms with Crippen molar-refractivity contribution in [3.8, 4) is 0 Å². The Morgan fingerprint density at radius 3 is 2.65 bits per heavy atom. The first kappa shape index (κ1) is 13.3. The molecular weight excluding hydrogens is 214 g/mol. The summed E-state index contributed by atoms with van der Waals surface area (Å²) in [6.45, 7) is 7.26. The molecule has 1 atom stereocenters. The molecule has 0 radical (unpaired) electrons. The highest BCUT2D eigenvalue weighted by atomic mass is 16.5. The summed E-state index contributed by atoms with van der Waals surface area (Å²) in [4.78, 5) is 0. The van der Waals surface area contributed by atoms with Crippen molar-refractivity contribution in [3.05, 3.63) is 0 Å². The quantitative estimate of drug-likeness (QED) is 0.790. The molecule has 1 unspecified atom stereocenters.